The van der Waals surface area contributed by atoms with Crippen LogP contribution in [0, 0.1) is 0 Å². The molecule has 1 amide bonds. The Labute approximate surface area is 234 Å². The number of ketones is 2. The number of hydrogen-bond donors (Lipinski definition) is 0. The van der Waals surface area contributed by atoms with Crippen LogP contribution >= 0.6 is 27.7 Å². The quantitative estimate of drug-likeness (QED) is 0.131. The number of Topliss-reactive ketones (excluding diaryl/α,β-unsaturated/α-hetero) is 2. The number of amides is 1. The Kier molecular flexibility index (Phi) is 9.10. The fourth-order valence-electron chi connectivity index (χ4n) is 3.89. The number of thioether (sulfide) groups is 1. The number of benzene rings is 3. The fraction of sp³-hybridized carbons (Fsp3) is 0.133. The van der Waals surface area contributed by atoms with E-state index in [0.717, 1.165) is 10.0 Å². The smallest absolute Gasteiger partial charge is 0.381 e. The lowest BCUT2D eigenvalue weighted by atomic mass is 10.1. The van der Waals surface area contributed by atoms with Crippen molar-refractivity contribution in [3.63, 3.8) is 0 Å². The molecule has 0 saturated heterocycles. The average molecular weight is 591 g/mol. The van der Waals surface area contributed by atoms with Crippen LogP contribution < -0.4 is 4.74 Å². The SMILES string of the molecule is C=CCN1C(=O)/C(=C\c2ccc(OC)cc2)[N+](CC(=O)c2ccccc2)=C1SCC(=O)c1ccc(Br)cc1. The van der Waals surface area contributed by atoms with Crippen molar-refractivity contribution in [3.8, 4) is 5.75 Å². The second-order valence-corrected chi connectivity index (χ2v) is 10.2. The summed E-state index contributed by atoms with van der Waals surface area (Å²) in [4.78, 5) is 41.4. The van der Waals surface area contributed by atoms with Crippen molar-refractivity contribution < 1.29 is 23.7 Å². The Morgan fingerprint density at radius 1 is 0.974 bits per heavy atom. The van der Waals surface area contributed by atoms with Gasteiger partial charge >= 0.3 is 11.1 Å². The molecule has 0 bridgehead atoms. The Balaban J connectivity index is 1.73. The van der Waals surface area contributed by atoms with Crippen LogP contribution in [0.25, 0.3) is 6.08 Å². The standard InChI is InChI=1S/C30H26BrN2O4S/c1-3-17-32-29(36)26(18-21-9-15-25(37-2)16-10-21)33(19-27(34)22-7-5-4-6-8-22)30(32)38-20-28(35)23-11-13-24(31)14-12-23/h3-16,18H,1,17,19-20H2,2H3/q+1/b26-18+. The molecule has 38 heavy (non-hydrogen) atoms. The van der Waals surface area contributed by atoms with Gasteiger partial charge in [-0.25, -0.2) is 9.37 Å². The molecule has 1 heterocycles. The average Bonchev–Trinajstić information content (AvgIpc) is 3.18. The Hall–Kier alpha value is -3.75. The van der Waals surface area contributed by atoms with Gasteiger partial charge in [-0.3, -0.25) is 9.59 Å². The molecule has 0 spiro atoms. The summed E-state index contributed by atoms with van der Waals surface area (Å²) in [5.41, 5.74) is 2.24. The van der Waals surface area contributed by atoms with E-state index in [4.69, 9.17) is 4.74 Å². The first kappa shape index (κ1) is 27.3. The number of carbonyl (C=O) groups is 3. The van der Waals surface area contributed by atoms with Crippen molar-refractivity contribution in [2.45, 2.75) is 0 Å². The number of methoxy groups -OCH3 is 1. The number of carbonyl (C=O) groups excluding carboxylic acids is 3. The zero-order valence-electron chi connectivity index (χ0n) is 20.8. The third kappa shape index (κ3) is 6.38. The molecule has 0 radical (unpaired) electrons. The summed E-state index contributed by atoms with van der Waals surface area (Å²) >= 11 is 4.62. The van der Waals surface area contributed by atoms with E-state index in [-0.39, 0.29) is 36.3 Å². The summed E-state index contributed by atoms with van der Waals surface area (Å²) in [5.74, 6) is 0.312. The first-order chi connectivity index (χ1) is 18.4. The van der Waals surface area contributed by atoms with E-state index in [1.54, 1.807) is 65.1 Å². The third-order valence-electron chi connectivity index (χ3n) is 5.84. The highest BCUT2D eigenvalue weighted by Gasteiger charge is 2.44. The molecule has 0 atom stereocenters. The van der Waals surface area contributed by atoms with Gasteiger partial charge < -0.3 is 4.74 Å². The molecule has 1 aliphatic heterocycles. The van der Waals surface area contributed by atoms with Gasteiger partial charge in [-0.05, 0) is 41.6 Å². The Morgan fingerprint density at radius 2 is 1.63 bits per heavy atom. The summed E-state index contributed by atoms with van der Waals surface area (Å²) in [7, 11) is 1.59. The van der Waals surface area contributed by atoms with Gasteiger partial charge in [0.1, 0.15) is 12.3 Å². The molecule has 4 rings (SSSR count). The fourth-order valence-corrected chi connectivity index (χ4v) is 5.22. The van der Waals surface area contributed by atoms with E-state index < -0.39 is 0 Å². The molecule has 0 unspecified atom stereocenters. The lowest BCUT2D eigenvalue weighted by molar-refractivity contribution is -0.448. The molecular weight excluding hydrogens is 564 g/mol. The molecule has 0 aliphatic carbocycles. The molecule has 8 heteroatoms. The van der Waals surface area contributed by atoms with Crippen LogP contribution in [0.1, 0.15) is 26.3 Å². The number of nitrogens with zero attached hydrogens (tertiary/aromatic N) is 2. The number of halogens is 1. The molecule has 192 valence electrons. The van der Waals surface area contributed by atoms with Gasteiger partial charge in [0, 0.05) is 21.7 Å². The zero-order chi connectivity index (χ0) is 27.1. The molecular formula is C30H26BrN2O4S+. The van der Waals surface area contributed by atoms with Crippen molar-refractivity contribution in [2.75, 3.05) is 26.0 Å². The molecule has 0 saturated carbocycles. The monoisotopic (exact) mass is 589 g/mol. The van der Waals surface area contributed by atoms with Crippen LogP contribution in [0.3, 0.4) is 0 Å². The molecule has 6 nitrogen and oxygen atoms in total. The van der Waals surface area contributed by atoms with Gasteiger partial charge in [0.15, 0.2) is 12.3 Å². The van der Waals surface area contributed by atoms with E-state index in [1.165, 1.54) is 11.8 Å². The van der Waals surface area contributed by atoms with Gasteiger partial charge in [-0.1, -0.05) is 83.2 Å². The Bertz CT molecular complexity index is 1410. The van der Waals surface area contributed by atoms with E-state index in [2.05, 4.69) is 22.5 Å². The maximum atomic E-state index is 13.6. The molecule has 1 aliphatic rings. The third-order valence-corrected chi connectivity index (χ3v) is 7.48. The zero-order valence-corrected chi connectivity index (χ0v) is 23.2. The highest BCUT2D eigenvalue weighted by atomic mass is 79.9. The van der Waals surface area contributed by atoms with Gasteiger partial charge in [-0.2, -0.15) is 4.90 Å². The van der Waals surface area contributed by atoms with Crippen LogP contribution in [0.5, 0.6) is 5.75 Å². The maximum absolute atomic E-state index is 13.6. The predicted octanol–water partition coefficient (Wildman–Crippen LogP) is 5.69. The van der Waals surface area contributed by atoms with Crippen LogP contribution in [0.4, 0.5) is 0 Å². The topological polar surface area (TPSA) is 66.7 Å². The number of ether oxygens (including phenoxy) is 1. The summed E-state index contributed by atoms with van der Waals surface area (Å²) in [5, 5.41) is 0.518. The van der Waals surface area contributed by atoms with Crippen LogP contribution in [-0.2, 0) is 4.79 Å². The minimum absolute atomic E-state index is 0.0554. The van der Waals surface area contributed by atoms with E-state index in [0.29, 0.717) is 27.7 Å². The summed E-state index contributed by atoms with van der Waals surface area (Å²) in [6, 6.07) is 23.4. The second-order valence-electron chi connectivity index (χ2n) is 8.38. The van der Waals surface area contributed by atoms with Crippen LogP contribution in [0.2, 0.25) is 0 Å². The van der Waals surface area contributed by atoms with Gasteiger partial charge in [0.05, 0.1) is 12.9 Å². The van der Waals surface area contributed by atoms with Crippen LogP contribution in [0.15, 0.2) is 102 Å². The summed E-state index contributed by atoms with van der Waals surface area (Å²) in [6.45, 7) is 3.98. The minimum Gasteiger partial charge on any atom is -0.497 e. The lowest BCUT2D eigenvalue weighted by Crippen LogP contribution is -2.32. The first-order valence-electron chi connectivity index (χ1n) is 11.8. The maximum Gasteiger partial charge on any atom is 0.381 e. The normalized spacial score (nSPS) is 14.2. The van der Waals surface area contributed by atoms with Crippen molar-refractivity contribution in [1.29, 1.82) is 0 Å². The van der Waals surface area contributed by atoms with E-state index in [1.807, 2.05) is 42.5 Å². The van der Waals surface area contributed by atoms with Gasteiger partial charge in [0.25, 0.3) is 0 Å². The highest BCUT2D eigenvalue weighted by Crippen LogP contribution is 2.26. The predicted molar refractivity (Wildman–Crippen MR) is 155 cm³/mol. The summed E-state index contributed by atoms with van der Waals surface area (Å²) in [6.07, 6.45) is 3.38. The van der Waals surface area contributed by atoms with Gasteiger partial charge in [0.2, 0.25) is 11.5 Å². The van der Waals surface area contributed by atoms with Crippen molar-refractivity contribution in [1.82, 2.24) is 4.90 Å². The minimum atomic E-state index is -0.264. The molecule has 0 N–H and O–H groups in total. The molecule has 0 fully saturated rings. The number of hydrogen-bond acceptors (Lipinski definition) is 5. The summed E-state index contributed by atoms with van der Waals surface area (Å²) < 4.78 is 7.82. The molecule has 3 aromatic rings. The second kappa shape index (κ2) is 12.7. The van der Waals surface area contributed by atoms with Crippen molar-refractivity contribution in [2.24, 2.45) is 0 Å². The lowest BCUT2D eigenvalue weighted by Gasteiger charge is -2.08. The van der Waals surface area contributed by atoms with E-state index >= 15 is 0 Å². The van der Waals surface area contributed by atoms with Gasteiger partial charge in [-0.15, -0.1) is 0 Å². The largest absolute Gasteiger partial charge is 0.497 e. The van der Waals surface area contributed by atoms with Crippen molar-refractivity contribution in [3.05, 3.63) is 118 Å². The molecule has 3 aromatic carbocycles. The van der Waals surface area contributed by atoms with E-state index in [9.17, 15) is 14.4 Å². The highest BCUT2D eigenvalue weighted by molar-refractivity contribution is 9.10. The molecule has 0 aromatic heterocycles. The Morgan fingerprint density at radius 3 is 2.26 bits per heavy atom. The number of amidine groups is 1. The number of rotatable bonds is 10. The van der Waals surface area contributed by atoms with Crippen LogP contribution in [-0.4, -0.2) is 58.1 Å². The van der Waals surface area contributed by atoms with Crippen molar-refractivity contribution >= 4 is 56.4 Å². The first-order valence-corrected chi connectivity index (χ1v) is 13.6.